The number of amides is 1. The third kappa shape index (κ3) is 3.39. The summed E-state index contributed by atoms with van der Waals surface area (Å²) in [5.41, 5.74) is 0.249. The van der Waals surface area contributed by atoms with E-state index in [1.807, 2.05) is 12.1 Å². The van der Waals surface area contributed by atoms with Crippen LogP contribution in [0.5, 0.6) is 0 Å². The molecule has 2 aromatic rings. The number of carboxylic acid groups (broad SMARTS) is 1. The Morgan fingerprint density at radius 3 is 2.70 bits per heavy atom. The number of carbonyl (C=O) groups excluding carboxylic acids is 1. The number of carboxylic acids is 1. The highest BCUT2D eigenvalue weighted by Gasteiger charge is 2.42. The number of carbonyl (C=O) groups is 2. The molecule has 1 aliphatic rings. The van der Waals surface area contributed by atoms with Crippen molar-refractivity contribution in [3.05, 3.63) is 35.2 Å². The molecule has 1 heterocycles. The lowest BCUT2D eigenvalue weighted by Gasteiger charge is -2.25. The maximum atomic E-state index is 12.1. The first-order valence-electron chi connectivity index (χ1n) is 8.10. The summed E-state index contributed by atoms with van der Waals surface area (Å²) in [7, 11) is 0. The molecule has 0 radical (unpaired) electrons. The number of aryl methyl sites for hydroxylation is 1. The highest BCUT2D eigenvalue weighted by atomic mass is 32.1. The molecular formula is C18H21NO3S. The van der Waals surface area contributed by atoms with Crippen molar-refractivity contribution in [2.75, 3.05) is 0 Å². The van der Waals surface area contributed by atoms with E-state index >= 15 is 0 Å². The van der Waals surface area contributed by atoms with Crippen molar-refractivity contribution in [1.29, 1.82) is 0 Å². The van der Waals surface area contributed by atoms with Gasteiger partial charge in [0.15, 0.2) is 0 Å². The van der Waals surface area contributed by atoms with Gasteiger partial charge in [0.25, 0.3) is 0 Å². The number of rotatable bonds is 6. The van der Waals surface area contributed by atoms with Crippen LogP contribution in [0.15, 0.2) is 29.6 Å². The molecule has 0 saturated heterocycles. The van der Waals surface area contributed by atoms with Gasteiger partial charge >= 0.3 is 5.97 Å². The van der Waals surface area contributed by atoms with Gasteiger partial charge in [-0.15, -0.1) is 11.3 Å². The molecule has 4 nitrogen and oxygen atoms in total. The minimum atomic E-state index is -1.02. The number of fused-ring (bicyclic) bond motifs is 1. The molecular weight excluding hydrogens is 310 g/mol. The van der Waals surface area contributed by atoms with Crippen LogP contribution in [0.1, 0.15) is 44.1 Å². The highest BCUT2D eigenvalue weighted by Crippen LogP contribution is 2.30. The Morgan fingerprint density at radius 2 is 1.96 bits per heavy atom. The Balaban J connectivity index is 1.54. The van der Waals surface area contributed by atoms with Gasteiger partial charge in [-0.05, 0) is 48.1 Å². The van der Waals surface area contributed by atoms with Crippen molar-refractivity contribution in [3.63, 3.8) is 0 Å². The number of nitrogens with one attached hydrogen (secondary N) is 1. The van der Waals surface area contributed by atoms with Gasteiger partial charge < -0.3 is 10.4 Å². The van der Waals surface area contributed by atoms with Gasteiger partial charge in [-0.2, -0.15) is 0 Å². The Kier molecular flexibility index (Phi) is 4.66. The monoisotopic (exact) mass is 331 g/mol. The summed E-state index contributed by atoms with van der Waals surface area (Å²) in [5.74, 6) is -1.04. The third-order valence-electron chi connectivity index (χ3n) is 4.66. The lowest BCUT2D eigenvalue weighted by molar-refractivity contribution is -0.147. The SMILES string of the molecule is O=C(CCCc1csc2ccccc12)NC1(C(=O)O)CCCC1. The Labute approximate surface area is 139 Å². The van der Waals surface area contributed by atoms with Crippen molar-refractivity contribution < 1.29 is 14.7 Å². The Hall–Kier alpha value is -1.88. The fourth-order valence-corrected chi connectivity index (χ4v) is 4.36. The van der Waals surface area contributed by atoms with E-state index in [1.165, 1.54) is 15.6 Å². The van der Waals surface area contributed by atoms with Crippen LogP contribution in [-0.4, -0.2) is 22.5 Å². The summed E-state index contributed by atoms with van der Waals surface area (Å²) in [6.07, 6.45) is 4.78. The zero-order valence-corrected chi connectivity index (χ0v) is 13.8. The van der Waals surface area contributed by atoms with E-state index in [2.05, 4.69) is 22.8 Å². The lowest BCUT2D eigenvalue weighted by Crippen LogP contribution is -2.52. The number of aliphatic carboxylic acids is 1. The van der Waals surface area contributed by atoms with Gasteiger partial charge in [-0.3, -0.25) is 4.79 Å². The van der Waals surface area contributed by atoms with Gasteiger partial charge in [-0.25, -0.2) is 4.79 Å². The zero-order valence-electron chi connectivity index (χ0n) is 13.0. The molecule has 0 aliphatic heterocycles. The fraction of sp³-hybridized carbons (Fsp3) is 0.444. The second-order valence-corrected chi connectivity index (χ2v) is 7.16. The molecule has 0 spiro atoms. The first-order chi connectivity index (χ1) is 11.1. The van der Waals surface area contributed by atoms with Gasteiger partial charge in [0.1, 0.15) is 5.54 Å². The maximum absolute atomic E-state index is 12.1. The van der Waals surface area contributed by atoms with E-state index in [4.69, 9.17) is 0 Å². The molecule has 5 heteroatoms. The van der Waals surface area contributed by atoms with Gasteiger partial charge in [0, 0.05) is 11.1 Å². The minimum absolute atomic E-state index is 0.145. The largest absolute Gasteiger partial charge is 0.480 e. The molecule has 3 rings (SSSR count). The summed E-state index contributed by atoms with van der Waals surface area (Å²) in [4.78, 5) is 23.6. The normalized spacial score (nSPS) is 16.5. The predicted molar refractivity (Wildman–Crippen MR) is 91.7 cm³/mol. The second kappa shape index (κ2) is 6.71. The molecule has 122 valence electrons. The van der Waals surface area contributed by atoms with Gasteiger partial charge in [0.2, 0.25) is 5.91 Å². The number of hydrogen-bond donors (Lipinski definition) is 2. The summed E-state index contributed by atoms with van der Waals surface area (Å²) in [6.45, 7) is 0. The van der Waals surface area contributed by atoms with Crippen molar-refractivity contribution in [1.82, 2.24) is 5.32 Å². The van der Waals surface area contributed by atoms with Crippen molar-refractivity contribution in [3.8, 4) is 0 Å². The topological polar surface area (TPSA) is 66.4 Å². The van der Waals surface area contributed by atoms with E-state index in [0.717, 1.165) is 25.7 Å². The molecule has 0 unspecified atom stereocenters. The molecule has 1 amide bonds. The van der Waals surface area contributed by atoms with Gasteiger partial charge in [0.05, 0.1) is 0 Å². The third-order valence-corrected chi connectivity index (χ3v) is 5.67. The second-order valence-electron chi connectivity index (χ2n) is 6.25. The zero-order chi connectivity index (χ0) is 16.3. The van der Waals surface area contributed by atoms with Crippen LogP contribution < -0.4 is 5.32 Å². The van der Waals surface area contributed by atoms with E-state index < -0.39 is 11.5 Å². The van der Waals surface area contributed by atoms with Crippen LogP contribution in [-0.2, 0) is 16.0 Å². The number of thiophene rings is 1. The lowest BCUT2D eigenvalue weighted by atomic mass is 9.97. The number of hydrogen-bond acceptors (Lipinski definition) is 3. The Bertz CT molecular complexity index is 716. The molecule has 2 N–H and O–H groups in total. The first-order valence-corrected chi connectivity index (χ1v) is 8.98. The van der Waals surface area contributed by atoms with Crippen LogP contribution in [0, 0.1) is 0 Å². The summed E-state index contributed by atoms with van der Waals surface area (Å²) < 4.78 is 1.27. The average Bonchev–Trinajstić information content (AvgIpc) is 3.16. The van der Waals surface area contributed by atoms with Crippen LogP contribution in [0.25, 0.3) is 10.1 Å². The molecule has 1 aromatic carbocycles. The molecule has 1 aromatic heterocycles. The van der Waals surface area contributed by atoms with Gasteiger partial charge in [-0.1, -0.05) is 31.0 Å². The molecule has 0 atom stereocenters. The summed E-state index contributed by atoms with van der Waals surface area (Å²) in [5, 5.41) is 15.6. The molecule has 1 fully saturated rings. The molecule has 23 heavy (non-hydrogen) atoms. The minimum Gasteiger partial charge on any atom is -0.480 e. The average molecular weight is 331 g/mol. The van der Waals surface area contributed by atoms with E-state index in [1.54, 1.807) is 11.3 Å². The summed E-state index contributed by atoms with van der Waals surface area (Å²) in [6, 6.07) is 8.27. The fourth-order valence-electron chi connectivity index (χ4n) is 3.37. The van der Waals surface area contributed by atoms with Crippen LogP contribution >= 0.6 is 11.3 Å². The quantitative estimate of drug-likeness (QED) is 0.847. The van der Waals surface area contributed by atoms with Crippen molar-refractivity contribution in [2.45, 2.75) is 50.5 Å². The van der Waals surface area contributed by atoms with E-state index in [9.17, 15) is 14.7 Å². The van der Waals surface area contributed by atoms with E-state index in [0.29, 0.717) is 19.3 Å². The highest BCUT2D eigenvalue weighted by molar-refractivity contribution is 7.17. The van der Waals surface area contributed by atoms with Crippen molar-refractivity contribution >= 4 is 33.3 Å². The smallest absolute Gasteiger partial charge is 0.329 e. The summed E-state index contributed by atoms with van der Waals surface area (Å²) >= 11 is 1.72. The van der Waals surface area contributed by atoms with Crippen LogP contribution in [0.4, 0.5) is 0 Å². The molecule has 1 aliphatic carbocycles. The molecule has 1 saturated carbocycles. The standard InChI is InChI=1S/C18H21NO3S/c20-16(19-18(17(21)22)10-3-4-11-18)9-5-6-13-12-23-15-8-2-1-7-14(13)15/h1-2,7-8,12H,3-6,9-11H2,(H,19,20)(H,21,22). The van der Waals surface area contributed by atoms with E-state index in [-0.39, 0.29) is 5.91 Å². The first kappa shape index (κ1) is 16.0. The van der Waals surface area contributed by atoms with Crippen molar-refractivity contribution in [2.24, 2.45) is 0 Å². The van der Waals surface area contributed by atoms with Crippen LogP contribution in [0.2, 0.25) is 0 Å². The predicted octanol–water partition coefficient (Wildman–Crippen LogP) is 3.74. The molecule has 0 bridgehead atoms. The number of benzene rings is 1. The Morgan fingerprint density at radius 1 is 1.22 bits per heavy atom. The van der Waals surface area contributed by atoms with Crippen LogP contribution in [0.3, 0.4) is 0 Å². The maximum Gasteiger partial charge on any atom is 0.329 e.